The highest BCUT2D eigenvalue weighted by molar-refractivity contribution is 14.0. The first-order chi connectivity index (χ1) is 12.3. The Balaban J connectivity index is 0.00000243. The molecule has 2 aromatic rings. The van der Waals surface area contributed by atoms with Gasteiger partial charge in [-0.1, -0.05) is 12.1 Å². The Morgan fingerprint density at radius 1 is 1.38 bits per heavy atom. The van der Waals surface area contributed by atoms with Crippen molar-refractivity contribution in [3.63, 3.8) is 0 Å². The predicted octanol–water partition coefficient (Wildman–Crippen LogP) is 2.58. The van der Waals surface area contributed by atoms with Crippen molar-refractivity contribution in [1.82, 2.24) is 20.0 Å². The summed E-state index contributed by atoms with van der Waals surface area (Å²) < 4.78 is 7.32. The van der Waals surface area contributed by atoms with E-state index < -0.39 is 0 Å². The summed E-state index contributed by atoms with van der Waals surface area (Å²) >= 11 is 0. The normalized spacial score (nSPS) is 17.0. The molecule has 2 heterocycles. The van der Waals surface area contributed by atoms with Gasteiger partial charge in [0.25, 0.3) is 0 Å². The van der Waals surface area contributed by atoms with Crippen LogP contribution in [0.3, 0.4) is 0 Å². The van der Waals surface area contributed by atoms with E-state index in [2.05, 4.69) is 51.6 Å². The number of guanidine groups is 1. The molecule has 0 spiro atoms. The van der Waals surface area contributed by atoms with Crippen molar-refractivity contribution in [3.05, 3.63) is 48.3 Å². The molecule has 0 radical (unpaired) electrons. The van der Waals surface area contributed by atoms with Crippen LogP contribution < -0.4 is 5.32 Å². The SMILES string of the molecule is CN=C(NCCc1ccc(-n2cccn2)cc1)N(C)CC1CCOC1.I. The van der Waals surface area contributed by atoms with Crippen LogP contribution in [-0.4, -0.2) is 61.0 Å². The van der Waals surface area contributed by atoms with Gasteiger partial charge in [-0.2, -0.15) is 5.10 Å². The summed E-state index contributed by atoms with van der Waals surface area (Å²) in [5.74, 6) is 1.55. The molecule has 26 heavy (non-hydrogen) atoms. The van der Waals surface area contributed by atoms with Crippen LogP contribution >= 0.6 is 24.0 Å². The van der Waals surface area contributed by atoms with Gasteiger partial charge < -0.3 is 15.0 Å². The molecule has 142 valence electrons. The Kier molecular flexibility index (Phi) is 8.37. The van der Waals surface area contributed by atoms with E-state index >= 15 is 0 Å². The average Bonchev–Trinajstić information content (AvgIpc) is 3.33. The predicted molar refractivity (Wildman–Crippen MR) is 116 cm³/mol. The molecule has 0 bridgehead atoms. The number of rotatable bonds is 6. The lowest BCUT2D eigenvalue weighted by atomic mass is 10.1. The van der Waals surface area contributed by atoms with Gasteiger partial charge in [0.1, 0.15) is 0 Å². The van der Waals surface area contributed by atoms with E-state index in [1.165, 1.54) is 5.56 Å². The Hall–Kier alpha value is -1.61. The van der Waals surface area contributed by atoms with Gasteiger partial charge in [-0.25, -0.2) is 4.68 Å². The maximum absolute atomic E-state index is 5.45. The summed E-state index contributed by atoms with van der Waals surface area (Å²) in [5.41, 5.74) is 2.38. The molecule has 6 nitrogen and oxygen atoms in total. The lowest BCUT2D eigenvalue weighted by Crippen LogP contribution is -2.42. The highest BCUT2D eigenvalue weighted by atomic mass is 127. The fraction of sp³-hybridized carbons (Fsp3) is 0.474. The zero-order chi connectivity index (χ0) is 17.5. The van der Waals surface area contributed by atoms with Crippen LogP contribution in [0.4, 0.5) is 0 Å². The summed E-state index contributed by atoms with van der Waals surface area (Å²) in [6, 6.07) is 10.4. The Morgan fingerprint density at radius 2 is 2.19 bits per heavy atom. The number of benzene rings is 1. The molecule has 1 fully saturated rings. The molecule has 0 saturated carbocycles. The number of nitrogens with one attached hydrogen (secondary N) is 1. The molecule has 0 aliphatic carbocycles. The van der Waals surface area contributed by atoms with E-state index in [0.717, 1.165) is 50.8 Å². The van der Waals surface area contributed by atoms with E-state index in [1.807, 2.05) is 24.0 Å². The largest absolute Gasteiger partial charge is 0.381 e. The highest BCUT2D eigenvalue weighted by Gasteiger charge is 2.18. The van der Waals surface area contributed by atoms with Gasteiger partial charge in [0, 0.05) is 52.1 Å². The molecule has 3 rings (SSSR count). The van der Waals surface area contributed by atoms with Crippen LogP contribution in [0.5, 0.6) is 0 Å². The summed E-state index contributed by atoms with van der Waals surface area (Å²) in [6.45, 7) is 3.60. The van der Waals surface area contributed by atoms with Crippen LogP contribution in [0, 0.1) is 5.92 Å². The molecule has 1 aromatic heterocycles. The maximum Gasteiger partial charge on any atom is 0.193 e. The van der Waals surface area contributed by atoms with Crippen molar-refractivity contribution >= 4 is 29.9 Å². The quantitative estimate of drug-likeness (QED) is 0.402. The molecule has 7 heteroatoms. The van der Waals surface area contributed by atoms with Gasteiger partial charge in [0.05, 0.1) is 12.3 Å². The number of hydrogen-bond acceptors (Lipinski definition) is 3. The first-order valence-corrected chi connectivity index (χ1v) is 8.85. The average molecular weight is 469 g/mol. The minimum absolute atomic E-state index is 0. The van der Waals surface area contributed by atoms with Crippen molar-refractivity contribution < 1.29 is 4.74 Å². The third kappa shape index (κ3) is 5.70. The van der Waals surface area contributed by atoms with Gasteiger partial charge in [0.2, 0.25) is 0 Å². The topological polar surface area (TPSA) is 54.7 Å². The van der Waals surface area contributed by atoms with Crippen LogP contribution in [0.1, 0.15) is 12.0 Å². The van der Waals surface area contributed by atoms with Gasteiger partial charge in [-0.05, 0) is 36.6 Å². The lowest BCUT2D eigenvalue weighted by Gasteiger charge is -2.24. The third-order valence-electron chi connectivity index (χ3n) is 4.53. The summed E-state index contributed by atoms with van der Waals surface area (Å²) in [4.78, 5) is 6.58. The second-order valence-electron chi connectivity index (χ2n) is 6.45. The number of nitrogens with zero attached hydrogens (tertiary/aromatic N) is 4. The Morgan fingerprint density at radius 3 is 2.81 bits per heavy atom. The number of aliphatic imine (C=N–C) groups is 1. The first kappa shape index (κ1) is 20.7. The van der Waals surface area contributed by atoms with E-state index in [4.69, 9.17) is 4.74 Å². The van der Waals surface area contributed by atoms with Crippen LogP contribution in [0.25, 0.3) is 5.69 Å². The van der Waals surface area contributed by atoms with Gasteiger partial charge in [-0.3, -0.25) is 4.99 Å². The zero-order valence-corrected chi connectivity index (χ0v) is 17.8. The van der Waals surface area contributed by atoms with E-state index in [0.29, 0.717) is 5.92 Å². The fourth-order valence-electron chi connectivity index (χ4n) is 3.14. The molecule has 1 aliphatic heterocycles. The van der Waals surface area contributed by atoms with E-state index in [-0.39, 0.29) is 24.0 Å². The van der Waals surface area contributed by atoms with Crippen molar-refractivity contribution in [2.45, 2.75) is 12.8 Å². The Bertz CT molecular complexity index is 666. The standard InChI is InChI=1S/C19H27N5O.HI/c1-20-19(23(2)14-17-9-13-25-15-17)21-11-8-16-4-6-18(7-5-16)24-12-3-10-22-24;/h3-7,10,12,17H,8-9,11,13-15H2,1-2H3,(H,20,21);1H. The second-order valence-corrected chi connectivity index (χ2v) is 6.45. The molecule has 0 amide bonds. The summed E-state index contributed by atoms with van der Waals surface area (Å²) in [7, 11) is 3.93. The fourth-order valence-corrected chi connectivity index (χ4v) is 3.14. The van der Waals surface area contributed by atoms with E-state index in [9.17, 15) is 0 Å². The molecule has 1 N–H and O–H groups in total. The van der Waals surface area contributed by atoms with Gasteiger partial charge in [0.15, 0.2) is 5.96 Å². The highest BCUT2D eigenvalue weighted by Crippen LogP contribution is 2.13. The maximum atomic E-state index is 5.45. The van der Waals surface area contributed by atoms with Crippen molar-refractivity contribution in [1.29, 1.82) is 0 Å². The van der Waals surface area contributed by atoms with Crippen LogP contribution in [0.15, 0.2) is 47.7 Å². The minimum atomic E-state index is 0. The lowest BCUT2D eigenvalue weighted by molar-refractivity contribution is 0.181. The Labute approximate surface area is 172 Å². The molecule has 1 aliphatic rings. The van der Waals surface area contributed by atoms with Crippen LogP contribution in [0.2, 0.25) is 0 Å². The smallest absolute Gasteiger partial charge is 0.193 e. The third-order valence-corrected chi connectivity index (χ3v) is 4.53. The van der Waals surface area contributed by atoms with Crippen molar-refractivity contribution in [2.75, 3.05) is 40.4 Å². The molecule has 1 aromatic carbocycles. The van der Waals surface area contributed by atoms with Crippen molar-refractivity contribution in [2.24, 2.45) is 10.9 Å². The molecule has 1 atom stereocenters. The minimum Gasteiger partial charge on any atom is -0.381 e. The summed E-state index contributed by atoms with van der Waals surface area (Å²) in [5, 5.41) is 7.70. The summed E-state index contributed by atoms with van der Waals surface area (Å²) in [6.07, 6.45) is 5.84. The first-order valence-electron chi connectivity index (χ1n) is 8.85. The number of hydrogen-bond donors (Lipinski definition) is 1. The van der Waals surface area contributed by atoms with E-state index in [1.54, 1.807) is 6.20 Å². The van der Waals surface area contributed by atoms with Crippen molar-refractivity contribution in [3.8, 4) is 5.69 Å². The molecular weight excluding hydrogens is 441 g/mol. The second kappa shape index (κ2) is 10.5. The van der Waals surface area contributed by atoms with Gasteiger partial charge in [-0.15, -0.1) is 24.0 Å². The number of aromatic nitrogens is 2. The number of ether oxygens (including phenoxy) is 1. The zero-order valence-electron chi connectivity index (χ0n) is 15.5. The molecular formula is C19H28IN5O. The molecule has 1 unspecified atom stereocenters. The number of halogens is 1. The van der Waals surface area contributed by atoms with Crippen LogP contribution in [-0.2, 0) is 11.2 Å². The van der Waals surface area contributed by atoms with Gasteiger partial charge >= 0.3 is 0 Å². The monoisotopic (exact) mass is 469 g/mol. The molecule has 1 saturated heterocycles.